The van der Waals surface area contributed by atoms with Crippen molar-refractivity contribution in [3.05, 3.63) is 88.0 Å². The van der Waals surface area contributed by atoms with Gasteiger partial charge in [0.05, 0.1) is 33.4 Å². The Balaban J connectivity index is 1.47. The van der Waals surface area contributed by atoms with Crippen molar-refractivity contribution in [2.75, 3.05) is 25.2 Å². The molecule has 42 heavy (non-hydrogen) atoms. The van der Waals surface area contributed by atoms with Gasteiger partial charge in [-0.3, -0.25) is 14.9 Å². The second kappa shape index (κ2) is 12.0. The lowest BCUT2D eigenvalue weighted by molar-refractivity contribution is -0.384. The number of benzene rings is 3. The Bertz CT molecular complexity index is 1740. The molecule has 5 rings (SSSR count). The van der Waals surface area contributed by atoms with Crippen molar-refractivity contribution in [1.82, 2.24) is 9.29 Å². The molecule has 1 fully saturated rings. The highest BCUT2D eigenvalue weighted by atomic mass is 32.2. The highest BCUT2D eigenvalue weighted by molar-refractivity contribution is 7.89. The van der Waals surface area contributed by atoms with Crippen LogP contribution in [0.2, 0.25) is 0 Å². The number of amides is 1. The number of aromatic nitrogens is 1. The number of hydrogen-bond acceptors (Lipinski definition) is 9. The molecule has 0 radical (unpaired) electrons. The monoisotopic (exact) mass is 607 g/mol. The maximum absolute atomic E-state index is 13.8. The number of carbonyl (C=O) groups excluding carboxylic acids is 1. The number of hydrogen-bond donors (Lipinski definition) is 0. The van der Waals surface area contributed by atoms with Crippen LogP contribution < -0.4 is 9.75 Å². The molecule has 0 spiro atoms. The molecule has 13 heteroatoms. The summed E-state index contributed by atoms with van der Waals surface area (Å²) < 4.78 is 34.3. The van der Waals surface area contributed by atoms with Gasteiger partial charge in [-0.2, -0.15) is 14.4 Å². The van der Waals surface area contributed by atoms with E-state index < -0.39 is 20.9 Å². The summed E-state index contributed by atoms with van der Waals surface area (Å²) in [5.74, 6) is 0.642. The Morgan fingerprint density at radius 3 is 2.38 bits per heavy atom. The van der Waals surface area contributed by atoms with Crippen LogP contribution in [0.15, 0.2) is 76.7 Å². The largest absolute Gasteiger partial charge is 0.497 e. The van der Waals surface area contributed by atoms with E-state index in [-0.39, 0.29) is 33.1 Å². The Kier molecular flexibility index (Phi) is 8.34. The van der Waals surface area contributed by atoms with Crippen LogP contribution in [-0.2, 0) is 10.0 Å². The average molecular weight is 608 g/mol. The first-order chi connectivity index (χ1) is 20.0. The molecule has 0 N–H and O–H groups in total. The zero-order valence-corrected chi connectivity index (χ0v) is 24.8. The van der Waals surface area contributed by atoms with Gasteiger partial charge in [0.2, 0.25) is 15.2 Å². The molecular formula is C29H29N5O6S2. The number of sulfonamides is 1. The van der Waals surface area contributed by atoms with Crippen LogP contribution in [0.1, 0.15) is 36.2 Å². The number of nitrogens with zero attached hydrogens (tertiary/aromatic N) is 5. The quantitative estimate of drug-likeness (QED) is 0.145. The van der Waals surface area contributed by atoms with Gasteiger partial charge in [0.1, 0.15) is 5.75 Å². The number of methoxy groups -OCH3 is 1. The molecule has 11 nitrogen and oxygen atoms in total. The molecule has 0 saturated carbocycles. The van der Waals surface area contributed by atoms with E-state index >= 15 is 0 Å². The van der Waals surface area contributed by atoms with Gasteiger partial charge in [-0.15, -0.1) is 0 Å². The van der Waals surface area contributed by atoms with E-state index in [4.69, 9.17) is 4.74 Å². The lowest BCUT2D eigenvalue weighted by Gasteiger charge is -2.34. The summed E-state index contributed by atoms with van der Waals surface area (Å²) in [5, 5.41) is 16.8. The SMILES string of the molecule is COc1ccc2nc(N(/N=C/c3ccc([N+](=O)[O-])cc3)C(=O)c3ccc(S(=O)(=O)N4CC(C)CC(C)C4)cc3)sc2c1. The number of ether oxygens (including phenoxy) is 1. The van der Waals surface area contributed by atoms with E-state index in [0.29, 0.717) is 29.9 Å². The van der Waals surface area contributed by atoms with Crippen molar-refractivity contribution in [3.8, 4) is 5.75 Å². The fourth-order valence-corrected chi connectivity index (χ4v) is 7.58. The lowest BCUT2D eigenvalue weighted by atomic mass is 9.94. The fraction of sp³-hybridized carbons (Fsp3) is 0.276. The third kappa shape index (κ3) is 6.17. The van der Waals surface area contributed by atoms with Crippen LogP contribution in [0.5, 0.6) is 5.75 Å². The zero-order chi connectivity index (χ0) is 30.0. The number of anilines is 1. The number of nitro benzene ring substituents is 1. The highest BCUT2D eigenvalue weighted by Crippen LogP contribution is 2.33. The third-order valence-corrected chi connectivity index (χ3v) is 9.80. The molecule has 0 bridgehead atoms. The van der Waals surface area contributed by atoms with Crippen LogP contribution in [0.4, 0.5) is 10.8 Å². The maximum atomic E-state index is 13.8. The number of carbonyl (C=O) groups is 1. The molecule has 1 aliphatic rings. The van der Waals surface area contributed by atoms with Crippen LogP contribution >= 0.6 is 11.3 Å². The van der Waals surface area contributed by atoms with Gasteiger partial charge in [-0.25, -0.2) is 13.4 Å². The van der Waals surface area contributed by atoms with Crippen LogP contribution in [0.3, 0.4) is 0 Å². The normalized spacial score (nSPS) is 17.9. The predicted octanol–water partition coefficient (Wildman–Crippen LogP) is 5.56. The second-order valence-electron chi connectivity index (χ2n) is 10.3. The molecule has 1 aromatic heterocycles. The third-order valence-electron chi connectivity index (χ3n) is 6.96. The number of fused-ring (bicyclic) bond motifs is 1. The summed E-state index contributed by atoms with van der Waals surface area (Å²) in [6, 6.07) is 16.9. The molecule has 2 heterocycles. The molecule has 1 amide bonds. The number of hydrazone groups is 1. The second-order valence-corrected chi connectivity index (χ2v) is 13.3. The first kappa shape index (κ1) is 29.3. The van der Waals surface area contributed by atoms with E-state index in [1.807, 2.05) is 13.8 Å². The van der Waals surface area contributed by atoms with E-state index in [1.54, 1.807) is 25.3 Å². The van der Waals surface area contributed by atoms with Gasteiger partial charge in [-0.05, 0) is 78.4 Å². The summed E-state index contributed by atoms with van der Waals surface area (Å²) in [4.78, 5) is 29.0. The minimum absolute atomic E-state index is 0.0660. The van der Waals surface area contributed by atoms with Gasteiger partial charge in [-0.1, -0.05) is 25.2 Å². The van der Waals surface area contributed by atoms with Crippen molar-refractivity contribution in [2.45, 2.75) is 25.2 Å². The van der Waals surface area contributed by atoms with Gasteiger partial charge in [0, 0.05) is 30.8 Å². The van der Waals surface area contributed by atoms with E-state index in [1.165, 1.54) is 70.4 Å². The van der Waals surface area contributed by atoms with E-state index in [0.717, 1.165) is 16.1 Å². The standard InChI is InChI=1S/C29H29N5O6S2/c1-19-14-20(2)18-32(17-19)42(38,39)25-11-6-22(7-12-25)28(35)33(30-16-21-4-8-23(9-5-21)34(36)37)29-31-26-13-10-24(40-3)15-27(26)41-29/h4-13,15-16,19-20H,14,17-18H2,1-3H3/b30-16+. The van der Waals surface area contributed by atoms with Crippen molar-refractivity contribution in [1.29, 1.82) is 0 Å². The van der Waals surface area contributed by atoms with Gasteiger partial charge < -0.3 is 4.74 Å². The van der Waals surface area contributed by atoms with Crippen molar-refractivity contribution >= 4 is 54.5 Å². The Hall–Kier alpha value is -4.20. The van der Waals surface area contributed by atoms with E-state index in [2.05, 4.69) is 10.1 Å². The van der Waals surface area contributed by atoms with Crippen molar-refractivity contribution < 1.29 is 22.9 Å². The number of piperidine rings is 1. The predicted molar refractivity (Wildman–Crippen MR) is 162 cm³/mol. The molecular weight excluding hydrogens is 578 g/mol. The van der Waals surface area contributed by atoms with Gasteiger partial charge in [0.25, 0.3) is 11.6 Å². The summed E-state index contributed by atoms with van der Waals surface area (Å²) >= 11 is 1.23. The Morgan fingerprint density at radius 1 is 1.10 bits per heavy atom. The molecule has 1 aliphatic heterocycles. The molecule has 2 atom stereocenters. The molecule has 3 aromatic carbocycles. The number of non-ortho nitro benzene ring substituents is 1. The Morgan fingerprint density at radius 2 is 1.76 bits per heavy atom. The topological polar surface area (TPSA) is 135 Å². The zero-order valence-electron chi connectivity index (χ0n) is 23.2. The number of thiazole rings is 1. The fourth-order valence-electron chi connectivity index (χ4n) is 4.95. The van der Waals surface area contributed by atoms with Gasteiger partial charge >= 0.3 is 0 Å². The van der Waals surface area contributed by atoms with Gasteiger partial charge in [0.15, 0.2) is 0 Å². The van der Waals surface area contributed by atoms with Crippen LogP contribution in [-0.4, -0.2) is 55.0 Å². The minimum atomic E-state index is -3.71. The van der Waals surface area contributed by atoms with Crippen LogP contribution in [0.25, 0.3) is 10.2 Å². The number of nitro groups is 1. The Labute approximate surface area is 247 Å². The molecule has 2 unspecified atom stereocenters. The first-order valence-corrected chi connectivity index (χ1v) is 15.5. The first-order valence-electron chi connectivity index (χ1n) is 13.2. The molecule has 4 aromatic rings. The molecule has 0 aliphatic carbocycles. The number of rotatable bonds is 8. The highest BCUT2D eigenvalue weighted by Gasteiger charge is 2.32. The van der Waals surface area contributed by atoms with Crippen molar-refractivity contribution in [3.63, 3.8) is 0 Å². The van der Waals surface area contributed by atoms with E-state index in [9.17, 15) is 23.3 Å². The molecule has 1 saturated heterocycles. The molecule has 218 valence electrons. The smallest absolute Gasteiger partial charge is 0.280 e. The summed E-state index contributed by atoms with van der Waals surface area (Å²) in [7, 11) is -2.15. The van der Waals surface area contributed by atoms with Crippen LogP contribution in [0, 0.1) is 22.0 Å². The summed E-state index contributed by atoms with van der Waals surface area (Å²) in [6.07, 6.45) is 2.39. The van der Waals surface area contributed by atoms with Crippen molar-refractivity contribution in [2.24, 2.45) is 16.9 Å². The lowest BCUT2D eigenvalue weighted by Crippen LogP contribution is -2.42. The minimum Gasteiger partial charge on any atom is -0.497 e. The summed E-state index contributed by atoms with van der Waals surface area (Å²) in [6.45, 7) is 5.01. The summed E-state index contributed by atoms with van der Waals surface area (Å²) in [5.41, 5.74) is 1.33. The maximum Gasteiger partial charge on any atom is 0.280 e. The average Bonchev–Trinajstić information content (AvgIpc) is 3.40.